The molecule has 2 aromatic heterocycles. The van der Waals surface area contributed by atoms with E-state index >= 15 is 0 Å². The van der Waals surface area contributed by atoms with E-state index < -0.39 is 5.82 Å². The molecule has 0 N–H and O–H groups in total. The Balaban J connectivity index is 1.57. The average molecular weight is 374 g/mol. The summed E-state index contributed by atoms with van der Waals surface area (Å²) in [7, 11) is 0. The van der Waals surface area contributed by atoms with Gasteiger partial charge in [-0.1, -0.05) is 18.2 Å². The minimum atomic E-state index is -0.425. The first-order chi connectivity index (χ1) is 13.2. The van der Waals surface area contributed by atoms with Crippen LogP contribution in [0, 0.1) is 5.82 Å². The molecule has 5 rings (SSSR count). The van der Waals surface area contributed by atoms with Crippen molar-refractivity contribution in [2.75, 3.05) is 0 Å². The Bertz CT molecular complexity index is 1170. The fraction of sp³-hybridized carbons (Fsp3) is 0.136. The highest BCUT2D eigenvalue weighted by Gasteiger charge is 2.47. The summed E-state index contributed by atoms with van der Waals surface area (Å²) in [5, 5.41) is 0.625. The van der Waals surface area contributed by atoms with Crippen LogP contribution in [0.3, 0.4) is 0 Å². The largest absolute Gasteiger partial charge is 0.298 e. The highest BCUT2D eigenvalue weighted by molar-refractivity contribution is 7.21. The normalized spacial score (nSPS) is 15.0. The Labute approximate surface area is 159 Å². The molecule has 1 aliphatic rings. The summed E-state index contributed by atoms with van der Waals surface area (Å²) in [5.41, 5.74) is 3.94. The summed E-state index contributed by atoms with van der Waals surface area (Å²) < 4.78 is 15.4. The Morgan fingerprint density at radius 2 is 1.96 bits per heavy atom. The zero-order chi connectivity index (χ0) is 18.4. The van der Waals surface area contributed by atoms with E-state index in [0.717, 1.165) is 28.8 Å². The minimum Gasteiger partial charge on any atom is -0.298 e. The molecule has 0 amide bonds. The zero-order valence-electron chi connectivity index (χ0n) is 14.4. The SMILES string of the molecule is O=Cc1ccc(-c2nc3ccc(C4(c5ccccn5)CC4)cc3s2)c(F)c1. The number of pyridine rings is 1. The fourth-order valence-electron chi connectivity index (χ4n) is 3.58. The van der Waals surface area contributed by atoms with Gasteiger partial charge in [0, 0.05) is 22.7 Å². The van der Waals surface area contributed by atoms with Crippen LogP contribution in [0.5, 0.6) is 0 Å². The molecule has 132 valence electrons. The van der Waals surface area contributed by atoms with Crippen LogP contribution in [0.2, 0.25) is 0 Å². The van der Waals surface area contributed by atoms with Gasteiger partial charge in [-0.25, -0.2) is 9.37 Å². The Morgan fingerprint density at radius 3 is 2.67 bits per heavy atom. The monoisotopic (exact) mass is 374 g/mol. The number of hydrogen-bond donors (Lipinski definition) is 0. The van der Waals surface area contributed by atoms with Crippen molar-refractivity contribution < 1.29 is 9.18 Å². The van der Waals surface area contributed by atoms with E-state index in [9.17, 15) is 9.18 Å². The number of aldehydes is 1. The van der Waals surface area contributed by atoms with Crippen LogP contribution in [0.4, 0.5) is 4.39 Å². The lowest BCUT2D eigenvalue weighted by atomic mass is 9.92. The third-order valence-corrected chi connectivity index (χ3v) is 6.26. The van der Waals surface area contributed by atoms with Crippen molar-refractivity contribution in [3.8, 4) is 10.6 Å². The van der Waals surface area contributed by atoms with Crippen molar-refractivity contribution in [2.45, 2.75) is 18.3 Å². The van der Waals surface area contributed by atoms with E-state index in [1.165, 1.54) is 23.0 Å². The second-order valence-corrected chi connectivity index (χ2v) is 7.89. The molecule has 0 saturated heterocycles. The number of aromatic nitrogens is 2. The highest BCUT2D eigenvalue weighted by Crippen LogP contribution is 2.53. The van der Waals surface area contributed by atoms with Gasteiger partial charge in [-0.2, -0.15) is 0 Å². The molecule has 1 aliphatic carbocycles. The second kappa shape index (κ2) is 6.06. The molecule has 4 aromatic rings. The van der Waals surface area contributed by atoms with Crippen LogP contribution in [0.1, 0.15) is 34.5 Å². The van der Waals surface area contributed by atoms with Crippen molar-refractivity contribution in [2.24, 2.45) is 0 Å². The van der Waals surface area contributed by atoms with Gasteiger partial charge >= 0.3 is 0 Å². The summed E-state index contributed by atoms with van der Waals surface area (Å²) in [6, 6.07) is 16.8. The van der Waals surface area contributed by atoms with Crippen molar-refractivity contribution in [3.05, 3.63) is 83.4 Å². The molecule has 0 aliphatic heterocycles. The van der Waals surface area contributed by atoms with Gasteiger partial charge in [0.15, 0.2) is 0 Å². The van der Waals surface area contributed by atoms with Crippen molar-refractivity contribution >= 4 is 27.8 Å². The number of fused-ring (bicyclic) bond motifs is 1. The minimum absolute atomic E-state index is 0.00351. The number of halogens is 1. The maximum atomic E-state index is 14.4. The van der Waals surface area contributed by atoms with Crippen LogP contribution < -0.4 is 0 Å². The molecular weight excluding hydrogens is 359 g/mol. The Hall–Kier alpha value is -2.92. The molecule has 27 heavy (non-hydrogen) atoms. The number of nitrogens with zero attached hydrogens (tertiary/aromatic N) is 2. The van der Waals surface area contributed by atoms with Gasteiger partial charge in [0.05, 0.1) is 15.9 Å². The number of carbonyl (C=O) groups excluding carboxylic acids is 1. The van der Waals surface area contributed by atoms with Crippen molar-refractivity contribution in [3.63, 3.8) is 0 Å². The highest BCUT2D eigenvalue weighted by atomic mass is 32.1. The molecule has 0 unspecified atom stereocenters. The number of carbonyl (C=O) groups is 1. The maximum absolute atomic E-state index is 14.4. The summed E-state index contributed by atoms with van der Waals surface area (Å²) in [6.07, 6.45) is 4.65. The van der Waals surface area contributed by atoms with Gasteiger partial charge in [-0.05, 0) is 54.8 Å². The Morgan fingerprint density at radius 1 is 1.07 bits per heavy atom. The summed E-state index contributed by atoms with van der Waals surface area (Å²) in [5.74, 6) is -0.425. The van der Waals surface area contributed by atoms with Gasteiger partial charge in [-0.3, -0.25) is 9.78 Å². The van der Waals surface area contributed by atoms with Crippen LogP contribution >= 0.6 is 11.3 Å². The van der Waals surface area contributed by atoms with E-state index in [1.54, 1.807) is 12.1 Å². The average Bonchev–Trinajstić information content (AvgIpc) is 3.41. The number of thiazole rings is 1. The smallest absolute Gasteiger partial charge is 0.150 e. The van der Waals surface area contributed by atoms with Gasteiger partial charge in [-0.15, -0.1) is 11.3 Å². The van der Waals surface area contributed by atoms with E-state index in [2.05, 4.69) is 28.2 Å². The number of hydrogen-bond acceptors (Lipinski definition) is 4. The second-order valence-electron chi connectivity index (χ2n) is 6.86. The lowest BCUT2D eigenvalue weighted by Crippen LogP contribution is -2.10. The predicted molar refractivity (Wildman–Crippen MR) is 105 cm³/mol. The summed E-state index contributed by atoms with van der Waals surface area (Å²) in [4.78, 5) is 20.0. The third-order valence-electron chi connectivity index (χ3n) is 5.21. The zero-order valence-corrected chi connectivity index (χ0v) is 15.2. The maximum Gasteiger partial charge on any atom is 0.150 e. The lowest BCUT2D eigenvalue weighted by Gasteiger charge is -2.14. The molecule has 2 aromatic carbocycles. The molecule has 0 bridgehead atoms. The first kappa shape index (κ1) is 16.3. The van der Waals surface area contributed by atoms with E-state index in [4.69, 9.17) is 0 Å². The molecule has 5 heteroatoms. The lowest BCUT2D eigenvalue weighted by molar-refractivity contribution is 0.112. The van der Waals surface area contributed by atoms with Crippen LogP contribution in [0.15, 0.2) is 60.8 Å². The van der Waals surface area contributed by atoms with Gasteiger partial charge in [0.2, 0.25) is 0 Å². The number of benzene rings is 2. The summed E-state index contributed by atoms with van der Waals surface area (Å²) >= 11 is 1.47. The molecule has 0 atom stereocenters. The molecule has 2 heterocycles. The van der Waals surface area contributed by atoms with Gasteiger partial charge in [0.1, 0.15) is 17.1 Å². The molecule has 0 spiro atoms. The van der Waals surface area contributed by atoms with Crippen molar-refractivity contribution in [1.29, 1.82) is 0 Å². The van der Waals surface area contributed by atoms with E-state index in [0.29, 0.717) is 22.4 Å². The molecule has 1 saturated carbocycles. The first-order valence-electron chi connectivity index (χ1n) is 8.77. The van der Waals surface area contributed by atoms with Crippen LogP contribution in [-0.4, -0.2) is 16.3 Å². The topological polar surface area (TPSA) is 42.9 Å². The van der Waals surface area contributed by atoms with Crippen LogP contribution in [-0.2, 0) is 5.41 Å². The molecule has 0 radical (unpaired) electrons. The van der Waals surface area contributed by atoms with Gasteiger partial charge in [0.25, 0.3) is 0 Å². The van der Waals surface area contributed by atoms with E-state index in [-0.39, 0.29) is 5.41 Å². The first-order valence-corrected chi connectivity index (χ1v) is 9.59. The third kappa shape index (κ3) is 2.66. The van der Waals surface area contributed by atoms with Crippen molar-refractivity contribution in [1.82, 2.24) is 9.97 Å². The number of rotatable bonds is 4. The standard InChI is InChI=1S/C22H15FN2OS/c23-17-11-14(13-26)4-6-16(17)21-25-18-7-5-15(12-19(18)27-21)22(8-9-22)20-3-1-2-10-24-20/h1-7,10-13H,8-9H2. The molecule has 1 fully saturated rings. The fourth-order valence-corrected chi connectivity index (χ4v) is 4.61. The molecular formula is C22H15FN2OS. The predicted octanol–water partition coefficient (Wildman–Crippen LogP) is 5.39. The van der Waals surface area contributed by atoms with E-state index in [1.807, 2.05) is 24.4 Å². The summed E-state index contributed by atoms with van der Waals surface area (Å²) in [6.45, 7) is 0. The molecule has 3 nitrogen and oxygen atoms in total. The Kier molecular flexibility index (Phi) is 3.65. The van der Waals surface area contributed by atoms with Crippen LogP contribution in [0.25, 0.3) is 20.8 Å². The van der Waals surface area contributed by atoms with Gasteiger partial charge < -0.3 is 0 Å². The quantitative estimate of drug-likeness (QED) is 0.450.